The van der Waals surface area contributed by atoms with Crippen LogP contribution in [0.3, 0.4) is 0 Å². The third-order valence-electron chi connectivity index (χ3n) is 1.60. The third kappa shape index (κ3) is 1.89. The summed E-state index contributed by atoms with van der Waals surface area (Å²) in [7, 11) is 0. The number of hydrogen-bond donors (Lipinski definition) is 3. The fraction of sp³-hybridized carbons (Fsp3) is 0.333. The average molecular weight is 167 g/mol. The van der Waals surface area contributed by atoms with Gasteiger partial charge in [0.25, 0.3) is 0 Å². The molecule has 0 spiro atoms. The molecule has 0 saturated carbocycles. The summed E-state index contributed by atoms with van der Waals surface area (Å²) in [5, 5.41) is 21.1. The van der Waals surface area contributed by atoms with Crippen LogP contribution in [-0.4, -0.2) is 16.4 Å². The molecule has 1 aromatic rings. The van der Waals surface area contributed by atoms with Crippen LogP contribution in [0, 0.1) is 6.92 Å². The summed E-state index contributed by atoms with van der Waals surface area (Å²) in [5.74, 6) is 0.163. The van der Waals surface area contributed by atoms with Crippen LogP contribution in [0.5, 0.6) is 5.75 Å². The van der Waals surface area contributed by atoms with Crippen molar-refractivity contribution in [3.05, 3.63) is 23.8 Å². The van der Waals surface area contributed by atoms with Gasteiger partial charge in [0, 0.05) is 0 Å². The molecule has 66 valence electrons. The summed E-state index contributed by atoms with van der Waals surface area (Å²) in [4.78, 5) is 0. The topological polar surface area (TPSA) is 52.5 Å². The lowest BCUT2D eigenvalue weighted by Crippen LogP contribution is -2.14. The van der Waals surface area contributed by atoms with Crippen LogP contribution in [0.25, 0.3) is 0 Å². The number of nitrogens with one attached hydrogen (secondary N) is 1. The van der Waals surface area contributed by atoms with Crippen LogP contribution < -0.4 is 5.32 Å². The monoisotopic (exact) mass is 167 g/mol. The SMILES string of the molecule is Cc1cccc(O)c1NC(C)O. The van der Waals surface area contributed by atoms with Gasteiger partial charge in [-0.1, -0.05) is 12.1 Å². The minimum atomic E-state index is -0.656. The summed E-state index contributed by atoms with van der Waals surface area (Å²) in [6.45, 7) is 3.47. The molecule has 0 fully saturated rings. The summed E-state index contributed by atoms with van der Waals surface area (Å²) in [6, 6.07) is 5.21. The lowest BCUT2D eigenvalue weighted by molar-refractivity contribution is 0.223. The molecular weight excluding hydrogens is 154 g/mol. The number of phenolic OH excluding ortho intramolecular Hbond substituents is 1. The van der Waals surface area contributed by atoms with Gasteiger partial charge in [0.15, 0.2) is 0 Å². The molecule has 1 unspecified atom stereocenters. The highest BCUT2D eigenvalue weighted by molar-refractivity contribution is 5.60. The first-order valence-electron chi connectivity index (χ1n) is 3.84. The van der Waals surface area contributed by atoms with E-state index in [1.165, 1.54) is 0 Å². The summed E-state index contributed by atoms with van der Waals surface area (Å²) in [6.07, 6.45) is -0.656. The summed E-state index contributed by atoms with van der Waals surface area (Å²) in [5.41, 5.74) is 1.50. The van der Waals surface area contributed by atoms with Crippen LogP contribution in [-0.2, 0) is 0 Å². The molecule has 0 radical (unpaired) electrons. The van der Waals surface area contributed by atoms with E-state index in [0.29, 0.717) is 5.69 Å². The molecule has 3 N–H and O–H groups in total. The number of rotatable bonds is 2. The number of aliphatic hydroxyl groups is 1. The van der Waals surface area contributed by atoms with Crippen LogP contribution in [0.4, 0.5) is 5.69 Å². The molecule has 0 aromatic heterocycles. The number of aromatic hydroxyl groups is 1. The Balaban J connectivity index is 2.96. The van der Waals surface area contributed by atoms with Crippen LogP contribution in [0.2, 0.25) is 0 Å². The standard InChI is InChI=1S/C9H13NO2/c1-6-4-3-5-8(12)9(6)10-7(2)11/h3-5,7,10-12H,1-2H3. The predicted molar refractivity (Wildman–Crippen MR) is 48.1 cm³/mol. The normalized spacial score (nSPS) is 12.6. The van der Waals surface area contributed by atoms with Crippen LogP contribution in [0.1, 0.15) is 12.5 Å². The minimum absolute atomic E-state index is 0.163. The average Bonchev–Trinajstić information content (AvgIpc) is 1.97. The second-order valence-electron chi connectivity index (χ2n) is 2.79. The molecule has 3 nitrogen and oxygen atoms in total. The van der Waals surface area contributed by atoms with Crippen LogP contribution in [0.15, 0.2) is 18.2 Å². The Morgan fingerprint density at radius 2 is 2.08 bits per heavy atom. The van der Waals surface area contributed by atoms with Crippen molar-refractivity contribution in [2.75, 3.05) is 5.32 Å². The third-order valence-corrected chi connectivity index (χ3v) is 1.60. The molecule has 1 aromatic carbocycles. The fourth-order valence-corrected chi connectivity index (χ4v) is 1.05. The van der Waals surface area contributed by atoms with E-state index in [4.69, 9.17) is 5.11 Å². The van der Waals surface area contributed by atoms with Crippen molar-refractivity contribution in [3.8, 4) is 5.75 Å². The van der Waals surface area contributed by atoms with E-state index in [0.717, 1.165) is 5.56 Å². The lowest BCUT2D eigenvalue weighted by atomic mass is 10.2. The Bertz CT molecular complexity index is 251. The number of phenols is 1. The zero-order valence-electron chi connectivity index (χ0n) is 7.20. The van der Waals surface area contributed by atoms with Gasteiger partial charge in [0.1, 0.15) is 12.0 Å². The number of anilines is 1. The van der Waals surface area contributed by atoms with Gasteiger partial charge in [0.2, 0.25) is 0 Å². The molecule has 0 amide bonds. The Labute approximate surface area is 71.7 Å². The molecule has 0 aliphatic carbocycles. The van der Waals surface area contributed by atoms with E-state index >= 15 is 0 Å². The lowest BCUT2D eigenvalue weighted by Gasteiger charge is -2.12. The van der Waals surface area contributed by atoms with Gasteiger partial charge in [0.05, 0.1) is 5.69 Å². The smallest absolute Gasteiger partial charge is 0.139 e. The molecular formula is C9H13NO2. The molecule has 0 aliphatic heterocycles. The van der Waals surface area contributed by atoms with Crippen molar-refractivity contribution in [2.24, 2.45) is 0 Å². The zero-order chi connectivity index (χ0) is 9.14. The van der Waals surface area contributed by atoms with E-state index in [9.17, 15) is 5.11 Å². The van der Waals surface area contributed by atoms with Crippen molar-refractivity contribution in [1.29, 1.82) is 0 Å². The van der Waals surface area contributed by atoms with Crippen molar-refractivity contribution in [1.82, 2.24) is 0 Å². The highest BCUT2D eigenvalue weighted by Crippen LogP contribution is 2.26. The van der Waals surface area contributed by atoms with E-state index < -0.39 is 6.23 Å². The maximum atomic E-state index is 9.37. The van der Waals surface area contributed by atoms with Crippen LogP contribution >= 0.6 is 0 Å². The first-order chi connectivity index (χ1) is 5.61. The van der Waals surface area contributed by atoms with Gasteiger partial charge < -0.3 is 15.5 Å². The van der Waals surface area contributed by atoms with Gasteiger partial charge in [-0.25, -0.2) is 0 Å². The summed E-state index contributed by atoms with van der Waals surface area (Å²) < 4.78 is 0. The van der Waals surface area contributed by atoms with E-state index in [-0.39, 0.29) is 5.75 Å². The van der Waals surface area contributed by atoms with Gasteiger partial charge >= 0.3 is 0 Å². The number of para-hydroxylation sites is 1. The number of benzene rings is 1. The molecule has 0 heterocycles. The predicted octanol–water partition coefficient (Wildman–Crippen LogP) is 1.45. The van der Waals surface area contributed by atoms with Gasteiger partial charge in [-0.3, -0.25) is 0 Å². The second kappa shape index (κ2) is 3.45. The Hall–Kier alpha value is -1.22. The van der Waals surface area contributed by atoms with E-state index in [2.05, 4.69) is 5.32 Å². The van der Waals surface area contributed by atoms with Crippen molar-refractivity contribution < 1.29 is 10.2 Å². The van der Waals surface area contributed by atoms with Gasteiger partial charge in [-0.15, -0.1) is 0 Å². The maximum Gasteiger partial charge on any atom is 0.139 e. The maximum absolute atomic E-state index is 9.37. The molecule has 1 rings (SSSR count). The molecule has 3 heteroatoms. The molecule has 12 heavy (non-hydrogen) atoms. The first kappa shape index (κ1) is 8.87. The fourth-order valence-electron chi connectivity index (χ4n) is 1.05. The Kier molecular flexibility index (Phi) is 2.55. The zero-order valence-corrected chi connectivity index (χ0v) is 7.20. The van der Waals surface area contributed by atoms with Crippen molar-refractivity contribution in [3.63, 3.8) is 0 Å². The van der Waals surface area contributed by atoms with E-state index in [1.807, 2.05) is 13.0 Å². The molecule has 0 bridgehead atoms. The highest BCUT2D eigenvalue weighted by Gasteiger charge is 2.04. The van der Waals surface area contributed by atoms with Gasteiger partial charge in [-0.2, -0.15) is 0 Å². The minimum Gasteiger partial charge on any atom is -0.506 e. The van der Waals surface area contributed by atoms with Crippen molar-refractivity contribution in [2.45, 2.75) is 20.1 Å². The Morgan fingerprint density at radius 3 is 2.58 bits per heavy atom. The Morgan fingerprint density at radius 1 is 1.42 bits per heavy atom. The number of aliphatic hydroxyl groups excluding tert-OH is 1. The van der Waals surface area contributed by atoms with E-state index in [1.54, 1.807) is 19.1 Å². The number of aryl methyl sites for hydroxylation is 1. The molecule has 0 saturated heterocycles. The van der Waals surface area contributed by atoms with Gasteiger partial charge in [-0.05, 0) is 25.5 Å². The number of hydrogen-bond acceptors (Lipinski definition) is 3. The highest BCUT2D eigenvalue weighted by atomic mass is 16.3. The molecule has 1 atom stereocenters. The quantitative estimate of drug-likeness (QED) is 0.461. The second-order valence-corrected chi connectivity index (χ2v) is 2.79. The largest absolute Gasteiger partial charge is 0.506 e. The first-order valence-corrected chi connectivity index (χ1v) is 3.84. The summed E-state index contributed by atoms with van der Waals surface area (Å²) >= 11 is 0. The molecule has 0 aliphatic rings. The van der Waals surface area contributed by atoms with Crippen molar-refractivity contribution >= 4 is 5.69 Å².